The Morgan fingerprint density at radius 3 is 2.13 bits per heavy atom. The van der Waals surface area contributed by atoms with E-state index in [2.05, 4.69) is 69.7 Å². The number of rotatable bonds is 26. The van der Waals surface area contributed by atoms with Gasteiger partial charge in [-0.05, 0) is 149 Å². The molecule has 2 aromatic rings. The summed E-state index contributed by atoms with van der Waals surface area (Å²) in [5.74, 6) is 2.93. The number of thioether (sulfide) groups is 1. The Kier molecular flexibility index (Phi) is 21.5. The Bertz CT molecular complexity index is 1830. The van der Waals surface area contributed by atoms with E-state index < -0.39 is 0 Å². The molecule has 11 heteroatoms. The van der Waals surface area contributed by atoms with Gasteiger partial charge < -0.3 is 19.3 Å². The van der Waals surface area contributed by atoms with Crippen molar-refractivity contribution >= 4 is 68.8 Å². The maximum absolute atomic E-state index is 14.2. The molecule has 0 bridgehead atoms. The van der Waals surface area contributed by atoms with E-state index in [0.717, 1.165) is 99.6 Å². The number of amides is 1. The van der Waals surface area contributed by atoms with Gasteiger partial charge in [0.15, 0.2) is 0 Å². The van der Waals surface area contributed by atoms with E-state index >= 15 is 0 Å². The molecule has 376 valence electrons. The molecular weight excluding hydrogens is 909 g/mol. The third-order valence-electron chi connectivity index (χ3n) is 17.6. The summed E-state index contributed by atoms with van der Waals surface area (Å²) >= 11 is 10.4. The highest BCUT2D eigenvalue weighted by Gasteiger charge is 2.65. The lowest BCUT2D eigenvalue weighted by Crippen LogP contribution is -2.59. The first-order chi connectivity index (χ1) is 32.4. The van der Waals surface area contributed by atoms with Crippen molar-refractivity contribution < 1.29 is 23.9 Å². The molecule has 0 aromatic carbocycles. The summed E-state index contributed by atoms with van der Waals surface area (Å²) in [6.07, 6.45) is 24.4. The molecule has 1 amide bonds. The van der Waals surface area contributed by atoms with Crippen molar-refractivity contribution in [3.8, 4) is 9.75 Å². The monoisotopic (exact) mass is 997 g/mol. The molecule has 0 spiro atoms. The summed E-state index contributed by atoms with van der Waals surface area (Å²) in [5, 5.41) is 2.07. The van der Waals surface area contributed by atoms with Gasteiger partial charge in [-0.15, -0.1) is 22.7 Å². The van der Waals surface area contributed by atoms with Crippen molar-refractivity contribution in [1.82, 2.24) is 9.80 Å². The molecule has 7 nitrogen and oxygen atoms in total. The second-order valence-corrected chi connectivity index (χ2v) is 25.2. The van der Waals surface area contributed by atoms with Crippen LogP contribution >= 0.6 is 46.7 Å². The van der Waals surface area contributed by atoms with Crippen molar-refractivity contribution in [3.63, 3.8) is 0 Å². The molecule has 4 aliphatic rings. The number of thiocarbonyl (C=S) groups is 1. The number of carbonyl (C=O) groups excluding carboxylic acids is 3. The molecule has 0 N–H and O–H groups in total. The zero-order valence-electron chi connectivity index (χ0n) is 42.7. The molecule has 4 fully saturated rings. The smallest absolute Gasteiger partial charge is 0.348 e. The lowest BCUT2D eigenvalue weighted by Gasteiger charge is -2.62. The highest BCUT2D eigenvalue weighted by molar-refractivity contribution is 8.23. The SMILES string of the molecule is CCCCCCCCN(CCCCCCCC)C(=O)CC[C@@H](C)[C@H]1CC[C@H]2[C@@H]3CC[C@@H]4C[C@H](OC(=O)c5ccc(-c6cccs6)s5)CC[C@]4(C)[C@H]3C[C@H](OC(=O)CSC(=S)N(CC)CC)[C@]12C. The average molecular weight is 998 g/mol. The van der Waals surface area contributed by atoms with Crippen LogP contribution < -0.4 is 0 Å². The first kappa shape index (κ1) is 54.4. The van der Waals surface area contributed by atoms with Gasteiger partial charge in [-0.1, -0.05) is 129 Å². The van der Waals surface area contributed by atoms with E-state index in [-0.39, 0.29) is 40.7 Å². The molecule has 2 heterocycles. The maximum Gasteiger partial charge on any atom is 0.348 e. The summed E-state index contributed by atoms with van der Waals surface area (Å²) in [4.78, 5) is 49.1. The van der Waals surface area contributed by atoms with E-state index in [1.165, 1.54) is 98.6 Å². The van der Waals surface area contributed by atoms with E-state index in [4.69, 9.17) is 21.7 Å². The largest absolute Gasteiger partial charge is 0.461 e. The van der Waals surface area contributed by atoms with Crippen LogP contribution in [0.25, 0.3) is 9.75 Å². The quantitative estimate of drug-likeness (QED) is 0.0524. The van der Waals surface area contributed by atoms with Gasteiger partial charge in [-0.3, -0.25) is 9.59 Å². The third kappa shape index (κ3) is 13.7. The van der Waals surface area contributed by atoms with Crippen LogP contribution in [0, 0.1) is 46.3 Å². The number of nitrogens with zero attached hydrogens (tertiary/aromatic N) is 2. The first-order valence-corrected chi connectivity index (χ1v) is 30.2. The fourth-order valence-electron chi connectivity index (χ4n) is 13.7. The van der Waals surface area contributed by atoms with Crippen LogP contribution in [0.4, 0.5) is 0 Å². The predicted molar refractivity (Wildman–Crippen MR) is 287 cm³/mol. The number of ether oxygens (including phenoxy) is 2. The Hall–Kier alpha value is -1.95. The molecule has 10 atom stereocenters. The van der Waals surface area contributed by atoms with Gasteiger partial charge >= 0.3 is 11.9 Å². The minimum atomic E-state index is -0.190. The number of fused-ring (bicyclic) bond motifs is 5. The van der Waals surface area contributed by atoms with Crippen molar-refractivity contribution in [1.29, 1.82) is 0 Å². The van der Waals surface area contributed by atoms with Crippen LogP contribution in [0.2, 0.25) is 0 Å². The maximum atomic E-state index is 14.2. The van der Waals surface area contributed by atoms with Gasteiger partial charge in [0.25, 0.3) is 0 Å². The normalized spacial score (nSPS) is 28.2. The van der Waals surface area contributed by atoms with Crippen LogP contribution in [0.15, 0.2) is 29.6 Å². The molecule has 0 saturated heterocycles. The highest BCUT2D eigenvalue weighted by atomic mass is 32.2. The summed E-state index contributed by atoms with van der Waals surface area (Å²) in [6.45, 7) is 19.6. The summed E-state index contributed by atoms with van der Waals surface area (Å²) in [5.41, 5.74) is -0.0592. The number of esters is 2. The molecule has 4 aliphatic carbocycles. The lowest BCUT2D eigenvalue weighted by molar-refractivity contribution is -0.196. The minimum Gasteiger partial charge on any atom is -0.461 e. The zero-order chi connectivity index (χ0) is 48.0. The Balaban J connectivity index is 1.13. The highest BCUT2D eigenvalue weighted by Crippen LogP contribution is 2.69. The number of thiophene rings is 2. The van der Waals surface area contributed by atoms with Gasteiger partial charge in [0.2, 0.25) is 5.91 Å². The van der Waals surface area contributed by atoms with Gasteiger partial charge in [-0.2, -0.15) is 0 Å². The predicted octanol–water partition coefficient (Wildman–Crippen LogP) is 15.5. The number of carbonyl (C=O) groups is 3. The average Bonchev–Trinajstić information content (AvgIpc) is 4.11. The van der Waals surface area contributed by atoms with Gasteiger partial charge in [0.05, 0.1) is 5.75 Å². The van der Waals surface area contributed by atoms with Crippen molar-refractivity contribution in [2.75, 3.05) is 31.9 Å². The molecule has 0 unspecified atom stereocenters. The molecule has 67 heavy (non-hydrogen) atoms. The fraction of sp³-hybridized carbons (Fsp3) is 0.786. The van der Waals surface area contributed by atoms with Crippen molar-refractivity contribution in [2.24, 2.45) is 46.3 Å². The zero-order valence-corrected chi connectivity index (χ0v) is 45.9. The van der Waals surface area contributed by atoms with E-state index in [1.807, 2.05) is 18.2 Å². The molecule has 0 radical (unpaired) electrons. The Morgan fingerprint density at radius 2 is 1.48 bits per heavy atom. The summed E-state index contributed by atoms with van der Waals surface area (Å²) in [6, 6.07) is 8.12. The summed E-state index contributed by atoms with van der Waals surface area (Å²) < 4.78 is 13.9. The molecule has 0 aliphatic heterocycles. The van der Waals surface area contributed by atoms with Crippen LogP contribution in [0.5, 0.6) is 0 Å². The molecule has 2 aromatic heterocycles. The first-order valence-electron chi connectivity index (χ1n) is 27.1. The lowest BCUT2D eigenvalue weighted by atomic mass is 9.43. The third-order valence-corrected chi connectivity index (χ3v) is 21.3. The van der Waals surface area contributed by atoms with E-state index in [9.17, 15) is 14.4 Å². The number of hydrogen-bond donors (Lipinski definition) is 0. The van der Waals surface area contributed by atoms with E-state index in [1.54, 1.807) is 11.3 Å². The van der Waals surface area contributed by atoms with Crippen LogP contribution in [-0.2, 0) is 19.1 Å². The standard InChI is InChI=1S/C56H88N2O5S4/c1-8-12-14-16-18-20-34-58(35-21-19-17-15-13-9-2)51(59)31-24-40(5)44-27-28-45-43-26-25-41-37-42(62-53(61)49-30-29-48(67-49)47-23-22-36-65-47)32-33-55(41,6)46(43)38-50(56(44,45)7)63-52(60)39-66-54(64)57(10-3)11-4/h22-23,29-30,36,40-46,50H,8-21,24-28,31-35,37-39H2,1-7H3/t40-,41-,42-,43+,44-,45+,46+,50+,55+,56-/m1/s1. The summed E-state index contributed by atoms with van der Waals surface area (Å²) in [7, 11) is 0. The van der Waals surface area contributed by atoms with Gasteiger partial charge in [0, 0.05) is 47.8 Å². The topological polar surface area (TPSA) is 76.1 Å². The van der Waals surface area contributed by atoms with Crippen LogP contribution in [-0.4, -0.2) is 76.1 Å². The number of hydrogen-bond acceptors (Lipinski definition) is 9. The van der Waals surface area contributed by atoms with Crippen LogP contribution in [0.1, 0.15) is 199 Å². The Labute approximate surface area is 424 Å². The molecule has 6 rings (SSSR count). The van der Waals surface area contributed by atoms with Crippen LogP contribution in [0.3, 0.4) is 0 Å². The second-order valence-electron chi connectivity index (χ2n) is 21.5. The molecule has 4 saturated carbocycles. The Morgan fingerprint density at radius 1 is 0.791 bits per heavy atom. The minimum absolute atomic E-state index is 0.0736. The second kappa shape index (κ2) is 26.5. The van der Waals surface area contributed by atoms with Gasteiger partial charge in [-0.25, -0.2) is 4.79 Å². The van der Waals surface area contributed by atoms with E-state index in [0.29, 0.717) is 52.7 Å². The van der Waals surface area contributed by atoms with Crippen molar-refractivity contribution in [3.05, 3.63) is 34.5 Å². The number of unbranched alkanes of at least 4 members (excludes halogenated alkanes) is 10. The fourth-order valence-corrected chi connectivity index (χ4v) is 16.6. The molecular formula is C56H88N2O5S4. The van der Waals surface area contributed by atoms with Gasteiger partial charge in [0.1, 0.15) is 21.4 Å². The van der Waals surface area contributed by atoms with Crippen molar-refractivity contribution in [2.45, 2.75) is 202 Å².